The van der Waals surface area contributed by atoms with E-state index in [4.69, 9.17) is 4.74 Å². The average molecular weight is 261 g/mol. The lowest BCUT2D eigenvalue weighted by Crippen LogP contribution is -2.30. The maximum absolute atomic E-state index is 12.0. The molecule has 0 bridgehead atoms. The Morgan fingerprint density at radius 1 is 1.32 bits per heavy atom. The number of carbonyl (C=O) groups is 1. The Morgan fingerprint density at radius 3 is 2.68 bits per heavy atom. The minimum absolute atomic E-state index is 0.0127. The molecule has 104 valence electrons. The Balaban J connectivity index is 2.01. The Labute approximate surface area is 115 Å². The van der Waals surface area contributed by atoms with E-state index in [1.54, 1.807) is 0 Å². The van der Waals surface area contributed by atoms with Crippen LogP contribution in [0.5, 0.6) is 0 Å². The fourth-order valence-corrected chi connectivity index (χ4v) is 3.03. The van der Waals surface area contributed by atoms with Crippen LogP contribution in [0.15, 0.2) is 30.3 Å². The molecule has 1 aromatic rings. The third kappa shape index (κ3) is 3.35. The largest absolute Gasteiger partial charge is 0.466 e. The molecule has 0 aromatic heterocycles. The molecule has 1 heterocycles. The number of carbonyl (C=O) groups excluding carboxylic acids is 1. The first-order chi connectivity index (χ1) is 9.26. The summed E-state index contributed by atoms with van der Waals surface area (Å²) in [4.78, 5) is 12.0. The van der Waals surface area contributed by atoms with Crippen LogP contribution in [0.4, 0.5) is 0 Å². The summed E-state index contributed by atoms with van der Waals surface area (Å²) < 4.78 is 5.18. The van der Waals surface area contributed by atoms with Crippen molar-refractivity contribution in [2.24, 2.45) is 11.8 Å². The number of benzene rings is 1. The van der Waals surface area contributed by atoms with Gasteiger partial charge in [0.25, 0.3) is 0 Å². The van der Waals surface area contributed by atoms with E-state index in [9.17, 15) is 4.79 Å². The first kappa shape index (κ1) is 14.1. The molecule has 0 amide bonds. The van der Waals surface area contributed by atoms with E-state index in [1.165, 1.54) is 5.56 Å². The maximum Gasteiger partial charge on any atom is 0.310 e. The number of esters is 1. The van der Waals surface area contributed by atoms with Gasteiger partial charge in [0.15, 0.2) is 0 Å². The lowest BCUT2D eigenvalue weighted by Gasteiger charge is -2.21. The molecular weight excluding hydrogens is 238 g/mol. The highest BCUT2D eigenvalue weighted by Gasteiger charge is 2.39. The van der Waals surface area contributed by atoms with Gasteiger partial charge < -0.3 is 10.1 Å². The van der Waals surface area contributed by atoms with Crippen LogP contribution < -0.4 is 5.32 Å². The second-order valence-electron chi connectivity index (χ2n) is 5.14. The minimum atomic E-state index is -0.0441. The van der Waals surface area contributed by atoms with Crippen LogP contribution in [-0.2, 0) is 16.0 Å². The summed E-state index contributed by atoms with van der Waals surface area (Å²) in [5.74, 6) is 0.343. The number of rotatable bonds is 5. The van der Waals surface area contributed by atoms with Crippen LogP contribution in [0, 0.1) is 11.8 Å². The van der Waals surface area contributed by atoms with Gasteiger partial charge in [-0.3, -0.25) is 4.79 Å². The van der Waals surface area contributed by atoms with Crippen molar-refractivity contribution in [1.82, 2.24) is 5.32 Å². The van der Waals surface area contributed by atoms with Crippen LogP contribution in [0.25, 0.3) is 0 Å². The summed E-state index contributed by atoms with van der Waals surface area (Å²) in [5.41, 5.74) is 1.32. The van der Waals surface area contributed by atoms with Gasteiger partial charge in [0, 0.05) is 12.6 Å². The quantitative estimate of drug-likeness (QED) is 0.827. The van der Waals surface area contributed by atoms with Crippen molar-refractivity contribution in [3.05, 3.63) is 35.9 Å². The number of hydrogen-bond acceptors (Lipinski definition) is 3. The highest BCUT2D eigenvalue weighted by atomic mass is 16.5. The molecule has 3 unspecified atom stereocenters. The van der Waals surface area contributed by atoms with Gasteiger partial charge in [-0.1, -0.05) is 43.7 Å². The van der Waals surface area contributed by atoms with Crippen molar-refractivity contribution in [2.45, 2.75) is 32.7 Å². The number of hydrogen-bond donors (Lipinski definition) is 1. The van der Waals surface area contributed by atoms with Gasteiger partial charge in [0.05, 0.1) is 12.5 Å². The van der Waals surface area contributed by atoms with E-state index < -0.39 is 0 Å². The Morgan fingerprint density at radius 2 is 2.05 bits per heavy atom. The summed E-state index contributed by atoms with van der Waals surface area (Å²) in [6, 6.07) is 10.8. The van der Waals surface area contributed by atoms with Crippen LogP contribution >= 0.6 is 0 Å². The normalized spacial score (nSPS) is 26.3. The third-order valence-corrected chi connectivity index (χ3v) is 3.99. The Kier molecular flexibility index (Phi) is 4.97. The van der Waals surface area contributed by atoms with Crippen LogP contribution in [0.1, 0.15) is 25.8 Å². The fourth-order valence-electron chi connectivity index (χ4n) is 3.03. The monoisotopic (exact) mass is 261 g/mol. The van der Waals surface area contributed by atoms with Crippen molar-refractivity contribution in [1.29, 1.82) is 0 Å². The van der Waals surface area contributed by atoms with Crippen molar-refractivity contribution in [3.8, 4) is 0 Å². The standard InChI is InChI=1S/C16H23NO2/c1-3-13-14(16(18)19-4-2)11-17-15(13)10-12-8-6-5-7-9-12/h5-9,13-15,17H,3-4,10-11H2,1-2H3. The first-order valence-corrected chi connectivity index (χ1v) is 7.20. The zero-order chi connectivity index (χ0) is 13.7. The molecule has 19 heavy (non-hydrogen) atoms. The van der Waals surface area contributed by atoms with Crippen molar-refractivity contribution >= 4 is 5.97 Å². The van der Waals surface area contributed by atoms with Crippen LogP contribution in [0.2, 0.25) is 0 Å². The zero-order valence-corrected chi connectivity index (χ0v) is 11.8. The molecule has 1 N–H and O–H groups in total. The smallest absolute Gasteiger partial charge is 0.310 e. The second kappa shape index (κ2) is 6.71. The SMILES string of the molecule is CCOC(=O)C1CNC(Cc2ccccc2)C1CC. The van der Waals surface area contributed by atoms with E-state index in [2.05, 4.69) is 36.5 Å². The summed E-state index contributed by atoms with van der Waals surface area (Å²) >= 11 is 0. The fraction of sp³-hybridized carbons (Fsp3) is 0.562. The van der Waals surface area contributed by atoms with Gasteiger partial charge in [-0.2, -0.15) is 0 Å². The Bertz CT molecular complexity index is 404. The molecule has 1 aliphatic heterocycles. The van der Waals surface area contributed by atoms with Gasteiger partial charge in [-0.25, -0.2) is 0 Å². The van der Waals surface area contributed by atoms with Gasteiger partial charge >= 0.3 is 5.97 Å². The molecule has 3 heteroatoms. The Hall–Kier alpha value is -1.35. The predicted molar refractivity (Wildman–Crippen MR) is 75.8 cm³/mol. The average Bonchev–Trinajstić information content (AvgIpc) is 2.83. The molecule has 1 fully saturated rings. The topological polar surface area (TPSA) is 38.3 Å². The molecule has 3 nitrogen and oxygen atoms in total. The number of ether oxygens (including phenoxy) is 1. The van der Waals surface area contributed by atoms with E-state index >= 15 is 0 Å². The van der Waals surface area contributed by atoms with Gasteiger partial charge in [-0.15, -0.1) is 0 Å². The van der Waals surface area contributed by atoms with Gasteiger partial charge in [0.2, 0.25) is 0 Å². The number of nitrogens with one attached hydrogen (secondary N) is 1. The second-order valence-corrected chi connectivity index (χ2v) is 5.14. The first-order valence-electron chi connectivity index (χ1n) is 7.20. The predicted octanol–water partition coefficient (Wildman–Crippen LogP) is 2.41. The highest BCUT2D eigenvalue weighted by molar-refractivity contribution is 5.73. The van der Waals surface area contributed by atoms with Crippen LogP contribution in [0.3, 0.4) is 0 Å². The van der Waals surface area contributed by atoms with E-state index in [1.807, 2.05) is 13.0 Å². The molecule has 1 aliphatic rings. The van der Waals surface area contributed by atoms with Gasteiger partial charge in [-0.05, 0) is 24.8 Å². The summed E-state index contributed by atoms with van der Waals surface area (Å²) in [7, 11) is 0. The highest BCUT2D eigenvalue weighted by Crippen LogP contribution is 2.28. The molecule has 0 saturated carbocycles. The zero-order valence-electron chi connectivity index (χ0n) is 11.8. The van der Waals surface area contributed by atoms with Crippen molar-refractivity contribution in [3.63, 3.8) is 0 Å². The molecule has 1 aromatic carbocycles. The van der Waals surface area contributed by atoms with Crippen molar-refractivity contribution in [2.75, 3.05) is 13.2 Å². The molecule has 0 aliphatic carbocycles. The molecular formula is C16H23NO2. The lowest BCUT2D eigenvalue weighted by atomic mass is 9.85. The minimum Gasteiger partial charge on any atom is -0.466 e. The van der Waals surface area contributed by atoms with Gasteiger partial charge in [0.1, 0.15) is 0 Å². The molecule has 1 saturated heterocycles. The summed E-state index contributed by atoms with van der Waals surface area (Å²) in [5, 5.41) is 3.49. The summed E-state index contributed by atoms with van der Waals surface area (Å²) in [6.45, 7) is 5.23. The van der Waals surface area contributed by atoms with Crippen molar-refractivity contribution < 1.29 is 9.53 Å². The van der Waals surface area contributed by atoms with Crippen LogP contribution in [-0.4, -0.2) is 25.2 Å². The molecule has 3 atom stereocenters. The molecule has 2 rings (SSSR count). The lowest BCUT2D eigenvalue weighted by molar-refractivity contribution is -0.148. The molecule has 0 radical (unpaired) electrons. The maximum atomic E-state index is 12.0. The molecule has 0 spiro atoms. The third-order valence-electron chi connectivity index (χ3n) is 3.99. The van der Waals surface area contributed by atoms with E-state index in [0.29, 0.717) is 18.6 Å². The van der Waals surface area contributed by atoms with E-state index in [-0.39, 0.29) is 11.9 Å². The van der Waals surface area contributed by atoms with E-state index in [0.717, 1.165) is 19.4 Å². The summed E-state index contributed by atoms with van der Waals surface area (Å²) in [6.07, 6.45) is 1.99.